The van der Waals surface area contributed by atoms with Crippen LogP contribution in [0.3, 0.4) is 0 Å². The van der Waals surface area contributed by atoms with Gasteiger partial charge >= 0.3 is 0 Å². The Morgan fingerprint density at radius 2 is 1.78 bits per heavy atom. The number of sulfone groups is 1. The van der Waals surface area contributed by atoms with Crippen molar-refractivity contribution in [1.82, 2.24) is 9.88 Å². The van der Waals surface area contributed by atoms with Crippen LogP contribution in [0.25, 0.3) is 0 Å². The van der Waals surface area contributed by atoms with Crippen LogP contribution < -0.4 is 9.21 Å². The molecular weight excluding hydrogens is 500 g/mol. The molecule has 1 amide bonds. The van der Waals surface area contributed by atoms with Gasteiger partial charge in [0, 0.05) is 45.2 Å². The summed E-state index contributed by atoms with van der Waals surface area (Å²) < 4.78 is 51.5. The number of hydrogen-bond acceptors (Lipinski definition) is 7. The van der Waals surface area contributed by atoms with Crippen LogP contribution >= 0.6 is 0 Å². The number of aryl methyl sites for hydroxylation is 1. The first-order valence-corrected chi connectivity index (χ1v) is 15.8. The first-order valence-electron chi connectivity index (χ1n) is 12.3. The first-order chi connectivity index (χ1) is 16.9. The van der Waals surface area contributed by atoms with Gasteiger partial charge < -0.3 is 9.80 Å². The summed E-state index contributed by atoms with van der Waals surface area (Å²) in [6, 6.07) is 6.51. The fraction of sp³-hybridized carbons (Fsp3) is 0.520. The van der Waals surface area contributed by atoms with Crippen LogP contribution in [0.15, 0.2) is 35.4 Å². The average Bonchev–Trinajstić information content (AvgIpc) is 3.62. The van der Waals surface area contributed by atoms with Gasteiger partial charge in [0.05, 0.1) is 21.9 Å². The molecule has 0 radical (unpaired) electrons. The zero-order valence-electron chi connectivity index (χ0n) is 20.8. The smallest absolute Gasteiger partial charge is 0.255 e. The Balaban J connectivity index is 1.34. The van der Waals surface area contributed by atoms with E-state index in [-0.39, 0.29) is 40.3 Å². The molecule has 5 rings (SSSR count). The van der Waals surface area contributed by atoms with Crippen molar-refractivity contribution in [1.29, 1.82) is 0 Å². The van der Waals surface area contributed by atoms with Crippen molar-refractivity contribution in [3.05, 3.63) is 47.2 Å². The normalized spacial score (nSPS) is 22.2. The minimum Gasteiger partial charge on any atom is -0.353 e. The Bertz CT molecular complexity index is 1410. The van der Waals surface area contributed by atoms with Crippen LogP contribution in [0, 0.1) is 12.8 Å². The molecule has 2 aliphatic heterocycles. The second-order valence-electron chi connectivity index (χ2n) is 10.3. The molecule has 2 saturated heterocycles. The second kappa shape index (κ2) is 9.02. The number of carbonyl (C=O) groups excluding carboxylic acids is 1. The number of pyridine rings is 1. The number of benzene rings is 1. The lowest BCUT2D eigenvalue weighted by atomic mass is 10.1. The summed E-state index contributed by atoms with van der Waals surface area (Å²) in [7, 11) is -7.29. The summed E-state index contributed by atoms with van der Waals surface area (Å²) in [6.07, 6.45) is 5.45. The van der Waals surface area contributed by atoms with E-state index in [0.29, 0.717) is 32.1 Å². The van der Waals surface area contributed by atoms with E-state index in [0.717, 1.165) is 17.6 Å². The molecule has 1 aromatic carbocycles. The topological polar surface area (TPSA) is 108 Å². The molecule has 1 aliphatic carbocycles. The lowest BCUT2D eigenvalue weighted by Crippen LogP contribution is -2.49. The van der Waals surface area contributed by atoms with Gasteiger partial charge in [0.15, 0.2) is 9.84 Å². The molecule has 0 spiro atoms. The van der Waals surface area contributed by atoms with Gasteiger partial charge in [-0.15, -0.1) is 0 Å². The summed E-state index contributed by atoms with van der Waals surface area (Å²) in [5.41, 5.74) is 2.76. The third-order valence-corrected chi connectivity index (χ3v) is 10.3. The van der Waals surface area contributed by atoms with Gasteiger partial charge in [-0.1, -0.05) is 13.0 Å². The van der Waals surface area contributed by atoms with E-state index in [9.17, 15) is 21.6 Å². The number of carbonyl (C=O) groups is 1. The molecule has 1 atom stereocenters. The van der Waals surface area contributed by atoms with Gasteiger partial charge in [0.25, 0.3) is 5.91 Å². The quantitative estimate of drug-likeness (QED) is 0.582. The second-order valence-corrected chi connectivity index (χ2v) is 14.3. The Kier molecular flexibility index (Phi) is 6.27. The van der Waals surface area contributed by atoms with Gasteiger partial charge in [-0.25, -0.2) is 21.8 Å². The lowest BCUT2D eigenvalue weighted by molar-refractivity contribution is 0.0742. The van der Waals surface area contributed by atoms with Crippen LogP contribution in [0.4, 0.5) is 11.5 Å². The number of hydrogen-bond donors (Lipinski definition) is 0. The van der Waals surface area contributed by atoms with Gasteiger partial charge in [-0.3, -0.25) is 9.10 Å². The number of amides is 1. The fourth-order valence-electron chi connectivity index (χ4n) is 5.17. The summed E-state index contributed by atoms with van der Waals surface area (Å²) in [6.45, 7) is 6.26. The number of anilines is 2. The monoisotopic (exact) mass is 532 g/mol. The highest BCUT2D eigenvalue weighted by atomic mass is 32.2. The number of nitrogens with zero attached hydrogens (tertiary/aromatic N) is 4. The summed E-state index contributed by atoms with van der Waals surface area (Å²) >= 11 is 0. The van der Waals surface area contributed by atoms with Crippen LogP contribution in [0.2, 0.25) is 0 Å². The van der Waals surface area contributed by atoms with E-state index in [1.807, 2.05) is 13.1 Å². The Hall–Kier alpha value is -2.66. The van der Waals surface area contributed by atoms with Gasteiger partial charge in [0.1, 0.15) is 5.82 Å². The van der Waals surface area contributed by atoms with E-state index in [2.05, 4.69) is 17.9 Å². The van der Waals surface area contributed by atoms with Crippen LogP contribution in [0.1, 0.15) is 47.2 Å². The Morgan fingerprint density at radius 3 is 2.33 bits per heavy atom. The molecule has 3 aliphatic rings. The molecule has 0 unspecified atom stereocenters. The average molecular weight is 533 g/mol. The fourth-order valence-corrected chi connectivity index (χ4v) is 7.98. The molecule has 11 heteroatoms. The van der Waals surface area contributed by atoms with Crippen LogP contribution in [0.5, 0.6) is 0 Å². The molecule has 9 nitrogen and oxygen atoms in total. The van der Waals surface area contributed by atoms with E-state index < -0.39 is 19.9 Å². The van der Waals surface area contributed by atoms with Crippen LogP contribution in [-0.4, -0.2) is 77.4 Å². The van der Waals surface area contributed by atoms with Gasteiger partial charge in [0.2, 0.25) is 10.0 Å². The number of sulfonamides is 1. The molecule has 1 saturated carbocycles. The molecule has 0 N–H and O–H groups in total. The molecular formula is C25H32N4O5S2. The molecule has 1 aromatic heterocycles. The van der Waals surface area contributed by atoms with Crippen molar-refractivity contribution >= 4 is 37.3 Å². The zero-order valence-corrected chi connectivity index (χ0v) is 22.5. The minimum absolute atomic E-state index is 0.0177. The lowest BCUT2D eigenvalue weighted by Gasteiger charge is -2.36. The molecule has 36 heavy (non-hydrogen) atoms. The third-order valence-electron chi connectivity index (χ3n) is 7.18. The van der Waals surface area contributed by atoms with Gasteiger partial charge in [-0.2, -0.15) is 0 Å². The van der Waals surface area contributed by atoms with Crippen molar-refractivity contribution in [3.63, 3.8) is 0 Å². The highest BCUT2D eigenvalue weighted by molar-refractivity contribution is 7.93. The first kappa shape index (κ1) is 25.0. The maximum atomic E-state index is 13.4. The molecule has 194 valence electrons. The highest BCUT2D eigenvalue weighted by Crippen LogP contribution is 2.40. The van der Waals surface area contributed by atoms with E-state index in [1.54, 1.807) is 4.90 Å². The van der Waals surface area contributed by atoms with Crippen molar-refractivity contribution in [2.75, 3.05) is 53.9 Å². The van der Waals surface area contributed by atoms with E-state index >= 15 is 0 Å². The summed E-state index contributed by atoms with van der Waals surface area (Å²) in [4.78, 5) is 21.8. The maximum Gasteiger partial charge on any atom is 0.255 e. The molecule has 2 aromatic rings. The van der Waals surface area contributed by atoms with Crippen molar-refractivity contribution in [3.8, 4) is 0 Å². The maximum absolute atomic E-state index is 13.4. The van der Waals surface area contributed by atoms with E-state index in [1.165, 1.54) is 40.9 Å². The summed E-state index contributed by atoms with van der Waals surface area (Å²) in [5.74, 6) is 1.16. The predicted octanol–water partition coefficient (Wildman–Crippen LogP) is 2.42. The number of aromatic nitrogens is 1. The van der Waals surface area contributed by atoms with Crippen molar-refractivity contribution in [2.24, 2.45) is 5.92 Å². The highest BCUT2D eigenvalue weighted by Gasteiger charge is 2.35. The Labute approximate surface area is 213 Å². The van der Waals surface area contributed by atoms with Gasteiger partial charge in [-0.05, 0) is 60.9 Å². The molecule has 0 bridgehead atoms. The third kappa shape index (κ3) is 4.82. The van der Waals surface area contributed by atoms with Crippen molar-refractivity contribution in [2.45, 2.75) is 37.5 Å². The molecule has 3 heterocycles. The Morgan fingerprint density at radius 1 is 1.08 bits per heavy atom. The SMILES string of the molecule is Cc1cc(C2CC2)cnc1N1CCN(C(=O)c2ccc(N3C[C@H](C)CS3(=O)=O)cc2S(C)(=O)=O)CC1. The summed E-state index contributed by atoms with van der Waals surface area (Å²) in [5, 5.41) is 0. The molecule has 3 fully saturated rings. The number of rotatable bonds is 5. The van der Waals surface area contributed by atoms with Crippen LogP contribution in [-0.2, 0) is 19.9 Å². The minimum atomic E-state index is -3.77. The standard InChI is InChI=1S/C25H32N4O5S2/c1-17-15-29(36(33,34)16-17)21-6-7-22(23(13-21)35(3,31)32)25(30)28-10-8-27(9-11-28)24-18(2)12-20(14-26-24)19-4-5-19/h6-7,12-14,17,19H,4-5,8-11,15-16H2,1-3H3/t17-/m0/s1. The van der Waals surface area contributed by atoms with E-state index in [4.69, 9.17) is 4.98 Å². The number of piperazine rings is 1. The van der Waals surface area contributed by atoms with Crippen molar-refractivity contribution < 1.29 is 21.6 Å². The largest absolute Gasteiger partial charge is 0.353 e. The predicted molar refractivity (Wildman–Crippen MR) is 139 cm³/mol. The zero-order chi connectivity index (χ0) is 25.8.